The van der Waals surface area contributed by atoms with Crippen LogP contribution >= 0.6 is 11.3 Å². The Bertz CT molecular complexity index is 1140. The maximum Gasteiger partial charge on any atom is 0.414 e. The van der Waals surface area contributed by atoms with Crippen molar-refractivity contribution in [1.29, 1.82) is 0 Å². The molecule has 1 fully saturated rings. The van der Waals surface area contributed by atoms with Crippen LogP contribution in [-0.2, 0) is 22.4 Å². The van der Waals surface area contributed by atoms with Crippen LogP contribution in [-0.4, -0.2) is 41.2 Å². The average Bonchev–Trinajstić information content (AvgIpc) is 3.32. The van der Waals surface area contributed by atoms with E-state index < -0.39 is 0 Å². The molecule has 8 heteroatoms. The lowest BCUT2D eigenvalue weighted by Crippen LogP contribution is -2.33. The van der Waals surface area contributed by atoms with Crippen molar-refractivity contribution >= 4 is 29.0 Å². The van der Waals surface area contributed by atoms with E-state index in [0.717, 1.165) is 46.8 Å². The Kier molecular flexibility index (Phi) is 5.15. The van der Waals surface area contributed by atoms with Crippen molar-refractivity contribution in [2.75, 3.05) is 18.0 Å². The Labute approximate surface area is 184 Å². The predicted molar refractivity (Wildman–Crippen MR) is 119 cm³/mol. The number of carbonyl (C=O) groups is 2. The van der Waals surface area contributed by atoms with E-state index in [4.69, 9.17) is 9.72 Å². The molecule has 1 saturated heterocycles. The van der Waals surface area contributed by atoms with Crippen LogP contribution in [0.2, 0.25) is 0 Å². The number of anilines is 1. The fraction of sp³-hybridized carbons (Fsp3) is 0.304. The summed E-state index contributed by atoms with van der Waals surface area (Å²) in [5, 5.41) is 3.72. The van der Waals surface area contributed by atoms with Gasteiger partial charge in [0.05, 0.1) is 18.8 Å². The van der Waals surface area contributed by atoms with Crippen molar-refractivity contribution in [3.63, 3.8) is 0 Å². The third kappa shape index (κ3) is 3.90. The van der Waals surface area contributed by atoms with E-state index in [1.54, 1.807) is 28.6 Å². The molecule has 2 amide bonds. The van der Waals surface area contributed by atoms with E-state index in [2.05, 4.69) is 22.4 Å². The Morgan fingerprint density at radius 3 is 2.90 bits per heavy atom. The molecule has 0 unspecified atom stereocenters. The van der Waals surface area contributed by atoms with Crippen LogP contribution in [0.4, 0.5) is 10.5 Å². The maximum atomic E-state index is 12.4. The fourth-order valence-electron chi connectivity index (χ4n) is 4.07. The molecule has 1 aromatic carbocycles. The van der Waals surface area contributed by atoms with Gasteiger partial charge in [-0.25, -0.2) is 9.78 Å². The number of aromatic nitrogens is 2. The first-order valence-corrected chi connectivity index (χ1v) is 11.2. The number of benzene rings is 1. The number of cyclic esters (lactones) is 1. The number of ether oxygens (including phenoxy) is 1. The monoisotopic (exact) mass is 434 g/mol. The molecule has 3 heterocycles. The zero-order valence-corrected chi connectivity index (χ0v) is 17.9. The number of nitrogens with one attached hydrogen (secondary N) is 1. The molecule has 0 spiro atoms. The summed E-state index contributed by atoms with van der Waals surface area (Å²) >= 11 is 1.75. The molecule has 1 atom stereocenters. The maximum absolute atomic E-state index is 12.4. The lowest BCUT2D eigenvalue weighted by molar-refractivity contribution is -0.119. The number of aryl methyl sites for hydroxylation is 2. The number of fused-ring (bicyclic) bond motifs is 3. The van der Waals surface area contributed by atoms with E-state index in [9.17, 15) is 9.59 Å². The van der Waals surface area contributed by atoms with Gasteiger partial charge in [0.2, 0.25) is 5.91 Å². The van der Waals surface area contributed by atoms with Crippen molar-refractivity contribution < 1.29 is 14.3 Å². The van der Waals surface area contributed by atoms with E-state index in [1.807, 2.05) is 18.2 Å². The summed E-state index contributed by atoms with van der Waals surface area (Å²) in [6, 6.07) is 10.1. The quantitative estimate of drug-likeness (QED) is 0.675. The predicted octanol–water partition coefficient (Wildman–Crippen LogP) is 3.82. The highest BCUT2D eigenvalue weighted by molar-refractivity contribution is 7.15. The number of pyridine rings is 1. The Morgan fingerprint density at radius 2 is 2.10 bits per heavy atom. The second kappa shape index (κ2) is 8.11. The van der Waals surface area contributed by atoms with Gasteiger partial charge in [0.1, 0.15) is 11.1 Å². The second-order valence-corrected chi connectivity index (χ2v) is 8.86. The van der Waals surface area contributed by atoms with Gasteiger partial charge in [-0.1, -0.05) is 6.07 Å². The number of hydrogen-bond donors (Lipinski definition) is 1. The normalized spacial score (nSPS) is 17.5. The summed E-state index contributed by atoms with van der Waals surface area (Å²) in [5.74, 6) is -0.135. The third-order valence-corrected chi connectivity index (χ3v) is 6.75. The third-order valence-electron chi connectivity index (χ3n) is 5.58. The van der Waals surface area contributed by atoms with E-state index in [1.165, 1.54) is 17.4 Å². The van der Waals surface area contributed by atoms with Crippen molar-refractivity contribution in [2.24, 2.45) is 0 Å². The zero-order chi connectivity index (χ0) is 21.4. The SMILES string of the molecule is CC(=O)NC[C@H]1CN(c2ccc3c(c2)CCCc2sc(-c4ccncc4)nc2-3)C(=O)O1. The highest BCUT2D eigenvalue weighted by Crippen LogP contribution is 2.40. The molecule has 0 saturated carbocycles. The second-order valence-electron chi connectivity index (χ2n) is 7.78. The van der Waals surface area contributed by atoms with Gasteiger partial charge < -0.3 is 10.1 Å². The minimum atomic E-state index is -0.377. The van der Waals surface area contributed by atoms with Gasteiger partial charge >= 0.3 is 6.09 Å². The first-order valence-electron chi connectivity index (χ1n) is 10.3. The number of amides is 2. The molecule has 7 nitrogen and oxygen atoms in total. The number of thiazole rings is 1. The fourth-order valence-corrected chi connectivity index (χ4v) is 5.19. The Morgan fingerprint density at radius 1 is 1.26 bits per heavy atom. The molecule has 0 radical (unpaired) electrons. The molecule has 3 aromatic rings. The van der Waals surface area contributed by atoms with Crippen LogP contribution < -0.4 is 10.2 Å². The van der Waals surface area contributed by atoms with Crippen LogP contribution in [0.15, 0.2) is 42.7 Å². The number of hydrogen-bond acceptors (Lipinski definition) is 6. The zero-order valence-electron chi connectivity index (χ0n) is 17.1. The molecule has 5 rings (SSSR count). The molecule has 1 aliphatic heterocycles. The molecule has 158 valence electrons. The standard InChI is InChI=1S/C23H22N4O3S/c1-14(28)25-12-18-13-27(23(29)30-18)17-5-6-19-16(11-17)3-2-4-20-21(19)26-22(31-20)15-7-9-24-10-8-15/h5-11,18H,2-4,12-13H2,1H3,(H,25,28)/t18-/m0/s1. The lowest BCUT2D eigenvalue weighted by Gasteiger charge is -2.16. The van der Waals surface area contributed by atoms with E-state index in [-0.39, 0.29) is 18.1 Å². The first kappa shape index (κ1) is 19.7. The van der Waals surface area contributed by atoms with Crippen LogP contribution in [0.5, 0.6) is 0 Å². The number of nitrogens with zero attached hydrogens (tertiary/aromatic N) is 3. The summed E-state index contributed by atoms with van der Waals surface area (Å²) in [4.78, 5) is 35.5. The molecule has 31 heavy (non-hydrogen) atoms. The largest absolute Gasteiger partial charge is 0.442 e. The molecule has 0 bridgehead atoms. The smallest absolute Gasteiger partial charge is 0.414 e. The topological polar surface area (TPSA) is 84.4 Å². The molecule has 2 aliphatic rings. The summed E-state index contributed by atoms with van der Waals surface area (Å²) in [5.41, 5.74) is 5.28. The van der Waals surface area contributed by atoms with E-state index >= 15 is 0 Å². The van der Waals surface area contributed by atoms with Crippen molar-refractivity contribution in [3.05, 3.63) is 53.2 Å². The number of carbonyl (C=O) groups excluding carboxylic acids is 2. The minimum absolute atomic E-state index is 0.135. The van der Waals surface area contributed by atoms with Crippen molar-refractivity contribution in [3.8, 4) is 21.8 Å². The van der Waals surface area contributed by atoms with Gasteiger partial charge in [-0.05, 0) is 49.1 Å². The van der Waals surface area contributed by atoms with Crippen LogP contribution in [0.3, 0.4) is 0 Å². The van der Waals surface area contributed by atoms with Crippen molar-refractivity contribution in [1.82, 2.24) is 15.3 Å². The first-order chi connectivity index (χ1) is 15.1. The highest BCUT2D eigenvalue weighted by atomic mass is 32.1. The number of rotatable bonds is 4. The van der Waals surface area contributed by atoms with E-state index in [0.29, 0.717) is 13.1 Å². The van der Waals surface area contributed by atoms with Gasteiger partial charge in [0.25, 0.3) is 0 Å². The Hall–Kier alpha value is -3.26. The summed E-state index contributed by atoms with van der Waals surface area (Å²) in [7, 11) is 0. The van der Waals surface area contributed by atoms with Gasteiger partial charge in [0, 0.05) is 41.0 Å². The molecular formula is C23H22N4O3S. The lowest BCUT2D eigenvalue weighted by atomic mass is 10.0. The van der Waals surface area contributed by atoms with Crippen LogP contribution in [0.25, 0.3) is 21.8 Å². The van der Waals surface area contributed by atoms with Crippen molar-refractivity contribution in [2.45, 2.75) is 32.3 Å². The molecule has 1 N–H and O–H groups in total. The summed E-state index contributed by atoms with van der Waals surface area (Å²) in [6.45, 7) is 2.20. The molecular weight excluding hydrogens is 412 g/mol. The van der Waals surface area contributed by atoms with Gasteiger partial charge in [0.15, 0.2) is 0 Å². The summed E-state index contributed by atoms with van der Waals surface area (Å²) < 4.78 is 5.41. The van der Waals surface area contributed by atoms with Gasteiger partial charge in [-0.2, -0.15) is 0 Å². The minimum Gasteiger partial charge on any atom is -0.442 e. The van der Waals surface area contributed by atoms with Gasteiger partial charge in [-0.15, -0.1) is 11.3 Å². The van der Waals surface area contributed by atoms with Crippen LogP contribution in [0, 0.1) is 0 Å². The highest BCUT2D eigenvalue weighted by Gasteiger charge is 2.33. The Balaban J connectivity index is 1.43. The molecule has 1 aliphatic carbocycles. The van der Waals surface area contributed by atoms with Crippen LogP contribution in [0.1, 0.15) is 23.8 Å². The van der Waals surface area contributed by atoms with Gasteiger partial charge in [-0.3, -0.25) is 14.7 Å². The molecule has 2 aromatic heterocycles. The summed E-state index contributed by atoms with van der Waals surface area (Å²) in [6.07, 6.45) is 5.83. The average molecular weight is 435 g/mol.